The first-order chi connectivity index (χ1) is 12.6. The Hall–Kier alpha value is -2.37. The highest BCUT2D eigenvalue weighted by Gasteiger charge is 2.33. The van der Waals surface area contributed by atoms with Gasteiger partial charge in [-0.05, 0) is 11.1 Å². The zero-order chi connectivity index (χ0) is 18.4. The Morgan fingerprint density at radius 2 is 1.63 bits per heavy atom. The number of nitrogens with zero attached hydrogens (tertiary/aromatic N) is 1. The molecule has 3 rings (SSSR count). The highest BCUT2D eigenvalue weighted by molar-refractivity contribution is 5.85. The molecule has 3 N–H and O–H groups in total. The smallest absolute Gasteiger partial charge is 0.224 e. The zero-order valence-electron chi connectivity index (χ0n) is 15.2. The fraction of sp³-hybridized carbons (Fsp3) is 0.333. The molecule has 0 aromatic heterocycles. The van der Waals surface area contributed by atoms with E-state index in [-0.39, 0.29) is 36.2 Å². The summed E-state index contributed by atoms with van der Waals surface area (Å²) in [5.41, 5.74) is 8.38. The quantitative estimate of drug-likeness (QED) is 0.797. The largest absolute Gasteiger partial charge is 0.355 e. The fourth-order valence-electron chi connectivity index (χ4n) is 3.40. The Morgan fingerprint density at radius 1 is 1.00 bits per heavy atom. The summed E-state index contributed by atoms with van der Waals surface area (Å²) in [6.45, 7) is 1.56. The molecule has 1 heterocycles. The molecule has 0 saturated carbocycles. The lowest BCUT2D eigenvalue weighted by atomic mass is 9.95. The van der Waals surface area contributed by atoms with Gasteiger partial charge in [-0.15, -0.1) is 12.4 Å². The van der Waals surface area contributed by atoms with E-state index >= 15 is 0 Å². The standard InChI is InChI=1S/C21H25N3O2.ClH/c22-19-15-24(14-18(19)17-9-5-2-6-10-17)21(26)11-12-23-20(25)13-16-7-3-1-4-8-16;/h1-10,18-19H,11-15,22H2,(H,23,25);1H/t18-,19+;/m0./s1. The molecular formula is C21H26ClN3O2. The normalized spacial score (nSPS) is 18.6. The monoisotopic (exact) mass is 387 g/mol. The number of nitrogens with one attached hydrogen (secondary N) is 1. The first kappa shape index (κ1) is 20.9. The van der Waals surface area contributed by atoms with Gasteiger partial charge in [0, 0.05) is 38.0 Å². The minimum atomic E-state index is -0.0655. The third-order valence-electron chi connectivity index (χ3n) is 4.81. The third kappa shape index (κ3) is 5.81. The van der Waals surface area contributed by atoms with Crippen LogP contribution < -0.4 is 11.1 Å². The number of carbonyl (C=O) groups is 2. The summed E-state index contributed by atoms with van der Waals surface area (Å²) in [6, 6.07) is 19.6. The highest BCUT2D eigenvalue weighted by Crippen LogP contribution is 2.26. The molecule has 1 aliphatic rings. The van der Waals surface area contributed by atoms with Crippen LogP contribution >= 0.6 is 12.4 Å². The molecule has 1 fully saturated rings. The van der Waals surface area contributed by atoms with Crippen molar-refractivity contribution < 1.29 is 9.59 Å². The summed E-state index contributed by atoms with van der Waals surface area (Å²) < 4.78 is 0. The van der Waals surface area contributed by atoms with Gasteiger partial charge in [-0.25, -0.2) is 0 Å². The van der Waals surface area contributed by atoms with Crippen molar-refractivity contribution in [3.63, 3.8) is 0 Å². The molecular weight excluding hydrogens is 362 g/mol. The molecule has 5 nitrogen and oxygen atoms in total. The van der Waals surface area contributed by atoms with Gasteiger partial charge < -0.3 is 16.0 Å². The number of nitrogens with two attached hydrogens (primary N) is 1. The molecule has 0 spiro atoms. The van der Waals surface area contributed by atoms with Crippen LogP contribution in [0.1, 0.15) is 23.5 Å². The van der Waals surface area contributed by atoms with Crippen LogP contribution in [-0.2, 0) is 16.0 Å². The lowest BCUT2D eigenvalue weighted by Crippen LogP contribution is -2.35. The fourth-order valence-corrected chi connectivity index (χ4v) is 3.40. The van der Waals surface area contributed by atoms with Gasteiger partial charge in [-0.2, -0.15) is 0 Å². The second-order valence-electron chi connectivity index (χ2n) is 6.74. The van der Waals surface area contributed by atoms with Crippen molar-refractivity contribution in [1.82, 2.24) is 10.2 Å². The highest BCUT2D eigenvalue weighted by atomic mass is 35.5. The summed E-state index contributed by atoms with van der Waals surface area (Å²) in [5, 5.41) is 2.82. The predicted molar refractivity (Wildman–Crippen MR) is 109 cm³/mol. The van der Waals surface area contributed by atoms with Crippen LogP contribution in [-0.4, -0.2) is 42.4 Å². The Labute approximate surface area is 166 Å². The van der Waals surface area contributed by atoms with Gasteiger partial charge in [0.2, 0.25) is 11.8 Å². The van der Waals surface area contributed by atoms with E-state index in [1.54, 1.807) is 0 Å². The third-order valence-corrected chi connectivity index (χ3v) is 4.81. The lowest BCUT2D eigenvalue weighted by molar-refractivity contribution is -0.130. The maximum atomic E-state index is 12.4. The summed E-state index contributed by atoms with van der Waals surface area (Å²) in [5.74, 6) is 0.149. The molecule has 1 aliphatic heterocycles. The molecule has 6 heteroatoms. The van der Waals surface area contributed by atoms with Gasteiger partial charge in [0.05, 0.1) is 6.42 Å². The van der Waals surface area contributed by atoms with Crippen molar-refractivity contribution in [3.8, 4) is 0 Å². The average Bonchev–Trinajstić information content (AvgIpc) is 3.05. The summed E-state index contributed by atoms with van der Waals surface area (Å²) >= 11 is 0. The summed E-state index contributed by atoms with van der Waals surface area (Å²) in [7, 11) is 0. The SMILES string of the molecule is Cl.N[C@@H]1CN(C(=O)CCNC(=O)Cc2ccccc2)C[C@H]1c1ccccc1. The van der Waals surface area contributed by atoms with Crippen LogP contribution in [0, 0.1) is 0 Å². The first-order valence-electron chi connectivity index (χ1n) is 9.02. The van der Waals surface area contributed by atoms with E-state index in [0.717, 1.165) is 5.56 Å². The molecule has 0 radical (unpaired) electrons. The zero-order valence-corrected chi connectivity index (χ0v) is 16.0. The van der Waals surface area contributed by atoms with Gasteiger partial charge in [0.25, 0.3) is 0 Å². The van der Waals surface area contributed by atoms with Crippen molar-refractivity contribution >= 4 is 24.2 Å². The number of likely N-dealkylation sites (tertiary alicyclic amines) is 1. The number of hydrogen-bond acceptors (Lipinski definition) is 3. The Morgan fingerprint density at radius 3 is 2.30 bits per heavy atom. The van der Waals surface area contributed by atoms with Gasteiger partial charge >= 0.3 is 0 Å². The van der Waals surface area contributed by atoms with Gasteiger partial charge in [-0.3, -0.25) is 9.59 Å². The van der Waals surface area contributed by atoms with Crippen LogP contribution in [0.3, 0.4) is 0 Å². The van der Waals surface area contributed by atoms with Crippen molar-refractivity contribution in [3.05, 3.63) is 71.8 Å². The van der Waals surface area contributed by atoms with Crippen molar-refractivity contribution in [2.75, 3.05) is 19.6 Å². The van der Waals surface area contributed by atoms with E-state index < -0.39 is 0 Å². The summed E-state index contributed by atoms with van der Waals surface area (Å²) in [6.07, 6.45) is 0.633. The number of halogens is 1. The van der Waals surface area contributed by atoms with E-state index in [1.165, 1.54) is 5.56 Å². The minimum absolute atomic E-state index is 0. The van der Waals surface area contributed by atoms with Gasteiger partial charge in [0.1, 0.15) is 0 Å². The van der Waals surface area contributed by atoms with E-state index in [9.17, 15) is 9.59 Å². The molecule has 2 atom stereocenters. The minimum Gasteiger partial charge on any atom is -0.355 e. The second kappa shape index (κ2) is 10.1. The van der Waals surface area contributed by atoms with Crippen LogP contribution in [0.5, 0.6) is 0 Å². The van der Waals surface area contributed by atoms with Crippen LogP contribution in [0.2, 0.25) is 0 Å². The van der Waals surface area contributed by atoms with E-state index in [0.29, 0.717) is 32.5 Å². The molecule has 2 amide bonds. The van der Waals surface area contributed by atoms with Gasteiger partial charge in [0.15, 0.2) is 0 Å². The molecule has 144 valence electrons. The molecule has 0 unspecified atom stereocenters. The predicted octanol–water partition coefficient (Wildman–Crippen LogP) is 2.11. The average molecular weight is 388 g/mol. The van der Waals surface area contributed by atoms with E-state index in [1.807, 2.05) is 53.4 Å². The summed E-state index contributed by atoms with van der Waals surface area (Å²) in [4.78, 5) is 26.2. The Balaban J connectivity index is 0.00000261. The Bertz CT molecular complexity index is 740. The number of amides is 2. The van der Waals surface area contributed by atoms with Crippen molar-refractivity contribution in [2.45, 2.75) is 24.8 Å². The maximum absolute atomic E-state index is 12.4. The topological polar surface area (TPSA) is 75.4 Å². The van der Waals surface area contributed by atoms with Crippen molar-refractivity contribution in [1.29, 1.82) is 0 Å². The number of benzene rings is 2. The van der Waals surface area contributed by atoms with E-state index in [4.69, 9.17) is 5.73 Å². The molecule has 0 aliphatic carbocycles. The second-order valence-corrected chi connectivity index (χ2v) is 6.74. The molecule has 2 aromatic rings. The van der Waals surface area contributed by atoms with Crippen LogP contribution in [0.15, 0.2) is 60.7 Å². The molecule has 0 bridgehead atoms. The molecule has 1 saturated heterocycles. The number of carbonyl (C=O) groups excluding carboxylic acids is 2. The lowest BCUT2D eigenvalue weighted by Gasteiger charge is -2.16. The molecule has 2 aromatic carbocycles. The first-order valence-corrected chi connectivity index (χ1v) is 9.02. The maximum Gasteiger partial charge on any atom is 0.224 e. The number of hydrogen-bond donors (Lipinski definition) is 2. The van der Waals surface area contributed by atoms with E-state index in [2.05, 4.69) is 17.4 Å². The van der Waals surface area contributed by atoms with Gasteiger partial charge in [-0.1, -0.05) is 60.7 Å². The molecule has 27 heavy (non-hydrogen) atoms. The van der Waals surface area contributed by atoms with Crippen molar-refractivity contribution in [2.24, 2.45) is 5.73 Å². The number of rotatable bonds is 6. The Kier molecular flexibility index (Phi) is 7.82. The van der Waals surface area contributed by atoms with Crippen LogP contribution in [0.4, 0.5) is 0 Å². The van der Waals surface area contributed by atoms with Crippen LogP contribution in [0.25, 0.3) is 0 Å².